The van der Waals surface area contributed by atoms with Gasteiger partial charge in [-0.15, -0.1) is 22.7 Å². The van der Waals surface area contributed by atoms with Crippen LogP contribution in [0.15, 0.2) is 153 Å². The van der Waals surface area contributed by atoms with Crippen LogP contribution in [0.2, 0.25) is 0 Å². The van der Waals surface area contributed by atoms with E-state index in [-0.39, 0.29) is 0 Å². The minimum absolute atomic E-state index is 0.781. The zero-order chi connectivity index (χ0) is 34.4. The molecule has 0 radical (unpaired) electrons. The Bertz CT molecular complexity index is 3630. The van der Waals surface area contributed by atoms with Crippen LogP contribution >= 0.6 is 22.7 Å². The van der Waals surface area contributed by atoms with Crippen molar-refractivity contribution in [3.63, 3.8) is 0 Å². The molecule has 0 saturated heterocycles. The van der Waals surface area contributed by atoms with Crippen LogP contribution in [0, 0.1) is 0 Å². The second kappa shape index (κ2) is 10.1. The Hall–Kier alpha value is -6.47. The molecule has 0 amide bonds. The van der Waals surface area contributed by atoms with E-state index in [9.17, 15) is 0 Å². The van der Waals surface area contributed by atoms with E-state index in [0.717, 1.165) is 109 Å². The van der Waals surface area contributed by atoms with Gasteiger partial charge in [0.15, 0.2) is 5.58 Å². The average molecular weight is 714 g/mol. The van der Waals surface area contributed by atoms with Crippen molar-refractivity contribution < 1.29 is 13.3 Å². The predicted molar refractivity (Wildman–Crippen MR) is 222 cm³/mol. The average Bonchev–Trinajstić information content (AvgIpc) is 3.94. The van der Waals surface area contributed by atoms with E-state index in [4.69, 9.17) is 18.2 Å². The Morgan fingerprint density at radius 1 is 0.396 bits per heavy atom. The largest absolute Gasteiger partial charge is 0.456 e. The van der Waals surface area contributed by atoms with Gasteiger partial charge < -0.3 is 13.3 Å². The quantitative estimate of drug-likeness (QED) is 0.183. The van der Waals surface area contributed by atoms with Crippen molar-refractivity contribution in [1.82, 2.24) is 4.98 Å². The van der Waals surface area contributed by atoms with Crippen molar-refractivity contribution >= 4 is 118 Å². The van der Waals surface area contributed by atoms with Gasteiger partial charge in [-0.3, -0.25) is 0 Å². The van der Waals surface area contributed by atoms with E-state index in [1.165, 1.54) is 20.2 Å². The van der Waals surface area contributed by atoms with Gasteiger partial charge in [-0.2, -0.15) is 0 Å². The highest BCUT2D eigenvalue weighted by atomic mass is 32.1. The molecule has 0 unspecified atom stereocenters. The first-order valence-electron chi connectivity index (χ1n) is 17.6. The molecule has 13 rings (SSSR count). The Morgan fingerprint density at radius 3 is 2.09 bits per heavy atom. The monoisotopic (exact) mass is 713 g/mol. The van der Waals surface area contributed by atoms with Crippen LogP contribution in [0.4, 0.5) is 0 Å². The summed E-state index contributed by atoms with van der Waals surface area (Å²) in [4.78, 5) is 5.43. The highest BCUT2D eigenvalue weighted by Gasteiger charge is 2.24. The molecule has 6 heterocycles. The predicted octanol–water partition coefficient (Wildman–Crippen LogP) is 14.8. The molecule has 0 bridgehead atoms. The van der Waals surface area contributed by atoms with E-state index >= 15 is 0 Å². The van der Waals surface area contributed by atoms with Crippen LogP contribution in [-0.4, -0.2) is 4.98 Å². The van der Waals surface area contributed by atoms with Crippen molar-refractivity contribution in [3.8, 4) is 33.6 Å². The number of hydrogen-bond donors (Lipinski definition) is 0. The van der Waals surface area contributed by atoms with Gasteiger partial charge >= 0.3 is 0 Å². The van der Waals surface area contributed by atoms with Gasteiger partial charge in [-0.1, -0.05) is 78.9 Å². The zero-order valence-corrected chi connectivity index (χ0v) is 29.4. The van der Waals surface area contributed by atoms with Gasteiger partial charge in [-0.05, 0) is 77.2 Å². The lowest BCUT2D eigenvalue weighted by Crippen LogP contribution is -1.91. The highest BCUT2D eigenvalue weighted by molar-refractivity contribution is 7.27. The molecule has 13 aromatic rings. The number of hydrogen-bond acceptors (Lipinski definition) is 6. The lowest BCUT2D eigenvalue weighted by molar-refractivity contribution is 0.659. The first-order valence-corrected chi connectivity index (χ1v) is 19.2. The number of benzene rings is 7. The smallest absolute Gasteiger partial charge is 0.154 e. The Balaban J connectivity index is 1.11. The SMILES string of the molecule is c1ccc(-c2cc(-c3cc4oc5ccc6sc7cc8ccccc8c8oc(c3)c4c5c6c78)nc(-c3cccc4c3sc3c5ccccc5oc43)c2)cc1. The number of thiophene rings is 2. The van der Waals surface area contributed by atoms with E-state index in [0.29, 0.717) is 0 Å². The van der Waals surface area contributed by atoms with E-state index in [1.54, 1.807) is 11.3 Å². The lowest BCUT2D eigenvalue weighted by atomic mass is 9.98. The summed E-state index contributed by atoms with van der Waals surface area (Å²) in [6, 6.07) is 49.0. The molecule has 6 aromatic heterocycles. The maximum Gasteiger partial charge on any atom is 0.154 e. The molecule has 0 saturated carbocycles. The molecule has 0 atom stereocenters. The van der Waals surface area contributed by atoms with Crippen molar-refractivity contribution in [2.45, 2.75) is 0 Å². The minimum atomic E-state index is 0.781. The number of rotatable bonds is 3. The van der Waals surface area contributed by atoms with Gasteiger partial charge in [0.1, 0.15) is 27.9 Å². The summed E-state index contributed by atoms with van der Waals surface area (Å²) in [7, 11) is 0. The summed E-state index contributed by atoms with van der Waals surface area (Å²) >= 11 is 3.58. The third-order valence-corrected chi connectivity index (χ3v) is 13.2. The minimum Gasteiger partial charge on any atom is -0.456 e. The molecule has 0 spiro atoms. The molecular weight excluding hydrogens is 691 g/mol. The molecule has 246 valence electrons. The van der Waals surface area contributed by atoms with Gasteiger partial charge in [-0.25, -0.2) is 4.98 Å². The van der Waals surface area contributed by atoms with Crippen LogP contribution < -0.4 is 0 Å². The lowest BCUT2D eigenvalue weighted by Gasteiger charge is -2.11. The molecule has 0 fully saturated rings. The molecule has 4 nitrogen and oxygen atoms in total. The van der Waals surface area contributed by atoms with Crippen LogP contribution in [0.1, 0.15) is 0 Å². The molecule has 0 aliphatic carbocycles. The molecule has 0 aliphatic heterocycles. The standard InChI is InChI=1S/C47H23NO3S2/c1-2-9-24(10-3-1)26-19-32(48-33(20-26)29-14-8-15-31-45-47(53-46(29)31)30-13-6-7-16-34(30)50-45)27-21-36-40-37(22-27)51-44-28-12-5-4-11-25(28)23-39-43(44)42-38(52-39)18-17-35(49-36)41(40)42/h1-23H. The first kappa shape index (κ1) is 28.2. The fraction of sp³-hybridized carbons (Fsp3) is 0. The number of nitrogens with zero attached hydrogens (tertiary/aromatic N) is 1. The molecular formula is C47H23NO3S2. The first-order chi connectivity index (χ1) is 26.2. The summed E-state index contributed by atoms with van der Waals surface area (Å²) in [6.07, 6.45) is 0. The second-order valence-electron chi connectivity index (χ2n) is 13.8. The topological polar surface area (TPSA) is 52.3 Å². The third kappa shape index (κ3) is 3.81. The molecule has 0 N–H and O–H groups in total. The number of aromatic nitrogens is 1. The molecule has 53 heavy (non-hydrogen) atoms. The molecule has 6 heteroatoms. The van der Waals surface area contributed by atoms with Gasteiger partial charge in [0.25, 0.3) is 0 Å². The van der Waals surface area contributed by atoms with E-state index in [1.807, 2.05) is 23.5 Å². The van der Waals surface area contributed by atoms with E-state index in [2.05, 4.69) is 127 Å². The van der Waals surface area contributed by atoms with Gasteiger partial charge in [0.05, 0.1) is 21.5 Å². The fourth-order valence-corrected chi connectivity index (χ4v) is 10.9. The summed E-state index contributed by atoms with van der Waals surface area (Å²) in [6.45, 7) is 0. The van der Waals surface area contributed by atoms with Crippen molar-refractivity contribution in [3.05, 3.63) is 140 Å². The van der Waals surface area contributed by atoms with Crippen molar-refractivity contribution in [2.24, 2.45) is 0 Å². The maximum atomic E-state index is 7.11. The van der Waals surface area contributed by atoms with Gasteiger partial charge in [0, 0.05) is 57.5 Å². The zero-order valence-electron chi connectivity index (χ0n) is 27.8. The number of pyridine rings is 1. The normalized spacial score (nSPS) is 12.5. The Kier molecular flexibility index (Phi) is 5.37. The fourth-order valence-electron chi connectivity index (χ4n) is 8.48. The van der Waals surface area contributed by atoms with Crippen LogP contribution in [-0.2, 0) is 0 Å². The second-order valence-corrected chi connectivity index (χ2v) is 15.9. The van der Waals surface area contributed by atoms with Crippen LogP contribution in [0.25, 0.3) is 129 Å². The maximum absolute atomic E-state index is 7.11. The van der Waals surface area contributed by atoms with Crippen molar-refractivity contribution in [1.29, 1.82) is 0 Å². The Labute approximate surface area is 308 Å². The Morgan fingerprint density at radius 2 is 1.17 bits per heavy atom. The molecule has 0 aliphatic rings. The summed E-state index contributed by atoms with van der Waals surface area (Å²) < 4.78 is 25.0. The van der Waals surface area contributed by atoms with Crippen LogP contribution in [0.5, 0.6) is 0 Å². The summed E-state index contributed by atoms with van der Waals surface area (Å²) in [5, 5.41) is 9.00. The van der Waals surface area contributed by atoms with E-state index < -0.39 is 0 Å². The number of fused-ring (bicyclic) bond motifs is 7. The highest BCUT2D eigenvalue weighted by Crippen LogP contribution is 2.50. The summed E-state index contributed by atoms with van der Waals surface area (Å²) in [5.41, 5.74) is 11.1. The van der Waals surface area contributed by atoms with Crippen molar-refractivity contribution in [2.75, 3.05) is 0 Å². The molecule has 7 aromatic carbocycles. The van der Waals surface area contributed by atoms with Crippen LogP contribution in [0.3, 0.4) is 0 Å². The van der Waals surface area contributed by atoms with Gasteiger partial charge in [0.2, 0.25) is 0 Å². The third-order valence-electron chi connectivity index (χ3n) is 10.8. The number of furan rings is 2. The number of para-hydroxylation sites is 1. The summed E-state index contributed by atoms with van der Waals surface area (Å²) in [5.74, 6) is 0.